The van der Waals surface area contributed by atoms with Gasteiger partial charge in [0.25, 0.3) is 0 Å². The molecule has 0 fully saturated rings. The third kappa shape index (κ3) is 1.95. The molecule has 24 heavy (non-hydrogen) atoms. The zero-order valence-corrected chi connectivity index (χ0v) is 13.8. The Kier molecular flexibility index (Phi) is 2.90. The zero-order chi connectivity index (χ0) is 16.3. The maximum absolute atomic E-state index is 5.96. The highest BCUT2D eigenvalue weighted by Crippen LogP contribution is 2.38. The van der Waals surface area contributed by atoms with Crippen molar-refractivity contribution in [3.63, 3.8) is 0 Å². The minimum Gasteiger partial charge on any atom is -0.198 e. The van der Waals surface area contributed by atoms with E-state index < -0.39 is 0 Å². The van der Waals surface area contributed by atoms with Gasteiger partial charge in [-0.1, -0.05) is 48.5 Å². The van der Waals surface area contributed by atoms with Gasteiger partial charge in [0.15, 0.2) is 5.82 Å². The summed E-state index contributed by atoms with van der Waals surface area (Å²) in [7, 11) is 0. The highest BCUT2D eigenvalue weighted by molar-refractivity contribution is 6.31. The number of halogens is 2. The maximum atomic E-state index is 5.96. The molecule has 1 heterocycles. The van der Waals surface area contributed by atoms with Crippen molar-refractivity contribution in [3.8, 4) is 11.4 Å². The van der Waals surface area contributed by atoms with Crippen LogP contribution in [0, 0.1) is 0 Å². The van der Waals surface area contributed by atoms with E-state index in [1.165, 1.54) is 26.9 Å². The van der Waals surface area contributed by atoms with E-state index >= 15 is 0 Å². The molecule has 5 rings (SSSR count). The van der Waals surface area contributed by atoms with Crippen LogP contribution in [0.2, 0.25) is 10.6 Å². The van der Waals surface area contributed by atoms with Crippen molar-refractivity contribution in [2.45, 2.75) is 0 Å². The monoisotopic (exact) mass is 349 g/mol. The summed E-state index contributed by atoms with van der Waals surface area (Å²) in [6.45, 7) is 0. The summed E-state index contributed by atoms with van der Waals surface area (Å²) in [5, 5.41) is 7.34. The Morgan fingerprint density at radius 1 is 0.583 bits per heavy atom. The number of aromatic nitrogens is 3. The standard InChI is InChI=1S/C19H9Cl2N3/c20-18-22-17(23-19(21)24-18)14-9-7-12-5-4-10-2-1-3-11-6-8-13(14)16(12)15(10)11/h1-9H. The second kappa shape index (κ2) is 5.00. The lowest BCUT2D eigenvalue weighted by molar-refractivity contribution is 1.06. The molecule has 0 saturated carbocycles. The van der Waals surface area contributed by atoms with Crippen LogP contribution in [-0.4, -0.2) is 15.0 Å². The molecule has 0 aliphatic carbocycles. The lowest BCUT2D eigenvalue weighted by atomic mass is 9.92. The quantitative estimate of drug-likeness (QED) is 0.362. The van der Waals surface area contributed by atoms with Crippen LogP contribution in [0.1, 0.15) is 0 Å². The molecule has 0 unspecified atom stereocenters. The molecule has 114 valence electrons. The molecule has 1 aromatic heterocycles. The van der Waals surface area contributed by atoms with E-state index in [0.29, 0.717) is 5.82 Å². The molecule has 5 aromatic rings. The minimum absolute atomic E-state index is 0.0932. The average Bonchev–Trinajstić information content (AvgIpc) is 2.58. The van der Waals surface area contributed by atoms with Gasteiger partial charge in [-0.2, -0.15) is 15.0 Å². The Balaban J connectivity index is 1.97. The Morgan fingerprint density at radius 2 is 1.17 bits per heavy atom. The number of nitrogens with zero attached hydrogens (tertiary/aromatic N) is 3. The van der Waals surface area contributed by atoms with E-state index in [1.807, 2.05) is 6.07 Å². The van der Waals surface area contributed by atoms with Gasteiger partial charge in [0.2, 0.25) is 10.6 Å². The predicted octanol–water partition coefficient (Wildman–Crippen LogP) is 5.74. The molecular weight excluding hydrogens is 341 g/mol. The van der Waals surface area contributed by atoms with Crippen molar-refractivity contribution in [2.24, 2.45) is 0 Å². The fraction of sp³-hybridized carbons (Fsp3) is 0. The Morgan fingerprint density at radius 3 is 1.88 bits per heavy atom. The van der Waals surface area contributed by atoms with Crippen LogP contribution in [-0.2, 0) is 0 Å². The number of hydrogen-bond acceptors (Lipinski definition) is 3. The summed E-state index contributed by atoms with van der Waals surface area (Å²) in [6.07, 6.45) is 0. The van der Waals surface area contributed by atoms with Crippen molar-refractivity contribution >= 4 is 55.5 Å². The fourth-order valence-corrected chi connectivity index (χ4v) is 3.74. The minimum atomic E-state index is 0.0932. The molecule has 5 heteroatoms. The zero-order valence-electron chi connectivity index (χ0n) is 12.3. The first-order chi connectivity index (χ1) is 11.7. The largest absolute Gasteiger partial charge is 0.227 e. The average molecular weight is 350 g/mol. The third-order valence-electron chi connectivity index (χ3n) is 4.35. The Hall–Kier alpha value is -2.49. The van der Waals surface area contributed by atoms with E-state index in [0.717, 1.165) is 10.9 Å². The Labute approximate surface area is 147 Å². The van der Waals surface area contributed by atoms with Crippen LogP contribution in [0.3, 0.4) is 0 Å². The molecule has 0 aliphatic heterocycles. The third-order valence-corrected chi connectivity index (χ3v) is 4.69. The number of benzene rings is 4. The predicted molar refractivity (Wildman–Crippen MR) is 99.0 cm³/mol. The van der Waals surface area contributed by atoms with E-state index in [2.05, 4.69) is 63.5 Å². The molecule has 0 amide bonds. The molecule has 4 aromatic carbocycles. The van der Waals surface area contributed by atoms with Gasteiger partial charge in [0.1, 0.15) is 0 Å². The smallest absolute Gasteiger partial charge is 0.198 e. The second-order valence-electron chi connectivity index (χ2n) is 5.67. The van der Waals surface area contributed by atoms with Crippen LogP contribution in [0.4, 0.5) is 0 Å². The first kappa shape index (κ1) is 13.9. The van der Waals surface area contributed by atoms with Crippen LogP contribution in [0.25, 0.3) is 43.7 Å². The summed E-state index contributed by atoms with van der Waals surface area (Å²) in [5.41, 5.74) is 0.895. The van der Waals surface area contributed by atoms with E-state index in [1.54, 1.807) is 0 Å². The molecule has 0 aliphatic rings. The van der Waals surface area contributed by atoms with Gasteiger partial charge < -0.3 is 0 Å². The van der Waals surface area contributed by atoms with E-state index in [9.17, 15) is 0 Å². The molecular formula is C19H9Cl2N3. The SMILES string of the molecule is Clc1nc(Cl)nc(-c2ccc3ccc4cccc5ccc2c3c45)n1. The summed E-state index contributed by atoms with van der Waals surface area (Å²) < 4.78 is 0. The summed E-state index contributed by atoms with van der Waals surface area (Å²) in [4.78, 5) is 12.3. The summed E-state index contributed by atoms with van der Waals surface area (Å²) >= 11 is 11.9. The van der Waals surface area contributed by atoms with Crippen molar-refractivity contribution in [2.75, 3.05) is 0 Å². The van der Waals surface area contributed by atoms with Crippen LogP contribution in [0.5, 0.6) is 0 Å². The topological polar surface area (TPSA) is 38.7 Å². The van der Waals surface area contributed by atoms with Crippen molar-refractivity contribution in [1.82, 2.24) is 15.0 Å². The fourth-order valence-electron chi connectivity index (χ4n) is 3.38. The van der Waals surface area contributed by atoms with Crippen LogP contribution < -0.4 is 0 Å². The number of rotatable bonds is 1. The van der Waals surface area contributed by atoms with Gasteiger partial charge in [-0.05, 0) is 61.6 Å². The molecule has 0 spiro atoms. The lowest BCUT2D eigenvalue weighted by Gasteiger charge is -2.13. The van der Waals surface area contributed by atoms with Crippen molar-refractivity contribution in [3.05, 3.63) is 65.2 Å². The molecule has 0 bridgehead atoms. The first-order valence-electron chi connectivity index (χ1n) is 7.45. The lowest BCUT2D eigenvalue weighted by Crippen LogP contribution is -1.95. The van der Waals surface area contributed by atoms with Crippen molar-refractivity contribution in [1.29, 1.82) is 0 Å². The van der Waals surface area contributed by atoms with E-state index in [-0.39, 0.29) is 10.6 Å². The molecule has 0 radical (unpaired) electrons. The van der Waals surface area contributed by atoms with Gasteiger partial charge >= 0.3 is 0 Å². The molecule has 3 nitrogen and oxygen atoms in total. The first-order valence-corrected chi connectivity index (χ1v) is 8.20. The summed E-state index contributed by atoms with van der Waals surface area (Å²) in [5.74, 6) is 0.484. The Bertz CT molecular complexity index is 1200. The van der Waals surface area contributed by atoms with Gasteiger partial charge in [0.05, 0.1) is 0 Å². The molecule has 0 atom stereocenters. The highest BCUT2D eigenvalue weighted by atomic mass is 35.5. The van der Waals surface area contributed by atoms with Gasteiger partial charge in [0, 0.05) is 5.56 Å². The second-order valence-corrected chi connectivity index (χ2v) is 6.34. The van der Waals surface area contributed by atoms with Crippen molar-refractivity contribution < 1.29 is 0 Å². The maximum Gasteiger partial charge on any atom is 0.227 e. The van der Waals surface area contributed by atoms with Gasteiger partial charge in [-0.25, -0.2) is 0 Å². The molecule has 0 saturated heterocycles. The van der Waals surface area contributed by atoms with Gasteiger partial charge in [-0.3, -0.25) is 0 Å². The van der Waals surface area contributed by atoms with Crippen LogP contribution >= 0.6 is 23.2 Å². The highest BCUT2D eigenvalue weighted by Gasteiger charge is 2.14. The summed E-state index contributed by atoms with van der Waals surface area (Å²) in [6, 6.07) is 18.9. The van der Waals surface area contributed by atoms with Crippen LogP contribution in [0.15, 0.2) is 54.6 Å². The van der Waals surface area contributed by atoms with E-state index in [4.69, 9.17) is 23.2 Å². The van der Waals surface area contributed by atoms with Gasteiger partial charge in [-0.15, -0.1) is 0 Å². The molecule has 0 N–H and O–H groups in total. The normalized spacial score (nSPS) is 11.8. The number of hydrogen-bond donors (Lipinski definition) is 0.